The van der Waals surface area contributed by atoms with Gasteiger partial charge >= 0.3 is 12.0 Å². The van der Waals surface area contributed by atoms with Crippen molar-refractivity contribution in [1.82, 2.24) is 10.2 Å². The Balaban J connectivity index is 2.23. The van der Waals surface area contributed by atoms with Gasteiger partial charge in [0.2, 0.25) is 0 Å². The van der Waals surface area contributed by atoms with Crippen molar-refractivity contribution >= 4 is 29.7 Å². The molecule has 1 aromatic rings. The number of nitrogens with two attached hydrogens (primary N) is 1. The summed E-state index contributed by atoms with van der Waals surface area (Å²) in [4.78, 5) is 60.9. The van der Waals surface area contributed by atoms with Crippen molar-refractivity contribution in [1.29, 1.82) is 0 Å². The third-order valence-corrected chi connectivity index (χ3v) is 3.89. The Hall–Kier alpha value is -3.23. The topological polar surface area (TPSA) is 136 Å². The van der Waals surface area contributed by atoms with Crippen LogP contribution in [0.2, 0.25) is 0 Å². The molecule has 1 heterocycles. The van der Waals surface area contributed by atoms with Crippen LogP contribution in [0.5, 0.6) is 0 Å². The normalized spacial score (nSPS) is 15.5. The number of esters is 1. The Morgan fingerprint density at radius 2 is 1.54 bits per heavy atom. The lowest BCUT2D eigenvalue weighted by atomic mass is 10.0. The zero-order valence-electron chi connectivity index (χ0n) is 14.5. The van der Waals surface area contributed by atoms with Crippen LogP contribution < -0.4 is 11.1 Å². The van der Waals surface area contributed by atoms with Gasteiger partial charge in [-0.25, -0.2) is 9.59 Å². The second-order valence-electron chi connectivity index (χ2n) is 6.15. The van der Waals surface area contributed by atoms with Crippen molar-refractivity contribution in [3.8, 4) is 0 Å². The quantitative estimate of drug-likeness (QED) is 0.577. The van der Waals surface area contributed by atoms with Gasteiger partial charge in [0.05, 0.1) is 11.1 Å². The molecule has 0 saturated heterocycles. The summed E-state index contributed by atoms with van der Waals surface area (Å²) < 4.78 is 5.04. The van der Waals surface area contributed by atoms with Gasteiger partial charge in [0.1, 0.15) is 6.04 Å². The number of nitrogens with one attached hydrogen (secondary N) is 1. The number of carbonyl (C=O) groups is 5. The van der Waals surface area contributed by atoms with Crippen LogP contribution in [-0.4, -0.2) is 46.8 Å². The van der Waals surface area contributed by atoms with Crippen molar-refractivity contribution in [2.75, 3.05) is 0 Å². The highest BCUT2D eigenvalue weighted by molar-refractivity contribution is 6.22. The number of hydrogen-bond acceptors (Lipinski definition) is 6. The van der Waals surface area contributed by atoms with E-state index in [0.717, 1.165) is 4.90 Å². The molecule has 0 unspecified atom stereocenters. The molecule has 0 aromatic heterocycles. The molecule has 2 atom stereocenters. The number of primary amides is 1. The molecule has 1 aromatic carbocycles. The number of ether oxygens (including phenoxy) is 1. The van der Waals surface area contributed by atoms with Crippen LogP contribution in [-0.2, 0) is 14.3 Å². The zero-order valence-corrected chi connectivity index (χ0v) is 14.5. The average Bonchev–Trinajstić information content (AvgIpc) is 2.80. The van der Waals surface area contributed by atoms with Crippen LogP contribution in [0.4, 0.5) is 4.79 Å². The maximum atomic E-state index is 12.6. The Labute approximate surface area is 149 Å². The number of carbonyl (C=O) groups excluding carboxylic acids is 5. The minimum absolute atomic E-state index is 0.204. The fourth-order valence-corrected chi connectivity index (χ4v) is 2.66. The van der Waals surface area contributed by atoms with Gasteiger partial charge in [-0.3, -0.25) is 24.6 Å². The molecular formula is C17H19N3O6. The van der Waals surface area contributed by atoms with E-state index in [4.69, 9.17) is 10.5 Å². The van der Waals surface area contributed by atoms with E-state index in [9.17, 15) is 24.0 Å². The van der Waals surface area contributed by atoms with Crippen LogP contribution in [0.15, 0.2) is 24.3 Å². The summed E-state index contributed by atoms with van der Waals surface area (Å²) in [5.74, 6) is -3.50. The third-order valence-electron chi connectivity index (χ3n) is 3.89. The summed E-state index contributed by atoms with van der Waals surface area (Å²) in [5, 5.41) is 1.79. The number of nitrogens with zero attached hydrogens (tertiary/aromatic N) is 1. The van der Waals surface area contributed by atoms with Crippen LogP contribution in [0.3, 0.4) is 0 Å². The summed E-state index contributed by atoms with van der Waals surface area (Å²) in [7, 11) is 0. The molecule has 0 spiro atoms. The first-order valence-corrected chi connectivity index (χ1v) is 7.92. The number of fused-ring (bicyclic) bond motifs is 1. The van der Waals surface area contributed by atoms with Crippen LogP contribution in [0.25, 0.3) is 0 Å². The molecule has 26 heavy (non-hydrogen) atoms. The minimum atomic E-state index is -1.33. The summed E-state index contributed by atoms with van der Waals surface area (Å²) in [6, 6.07) is 3.94. The zero-order chi connectivity index (χ0) is 19.6. The molecule has 9 nitrogen and oxygen atoms in total. The van der Waals surface area contributed by atoms with E-state index in [-0.39, 0.29) is 11.1 Å². The number of imide groups is 2. The standard InChI is InChI=1S/C17H19N3O6/c1-8(2)12(16(24)26-9(3)13(21)19-17(18)25)20-14(22)10-6-4-5-7-11(10)15(20)23/h4-9,12H,1-3H3,(H3,18,19,21,25)/t9-,12-/m0/s1. The smallest absolute Gasteiger partial charge is 0.330 e. The summed E-state index contributed by atoms with van der Waals surface area (Å²) >= 11 is 0. The van der Waals surface area contributed by atoms with E-state index >= 15 is 0 Å². The van der Waals surface area contributed by atoms with Crippen LogP contribution in [0.1, 0.15) is 41.5 Å². The van der Waals surface area contributed by atoms with E-state index in [1.165, 1.54) is 19.1 Å². The Morgan fingerprint density at radius 3 is 1.96 bits per heavy atom. The molecule has 0 aliphatic carbocycles. The molecule has 5 amide bonds. The fourth-order valence-electron chi connectivity index (χ4n) is 2.66. The summed E-state index contributed by atoms with van der Waals surface area (Å²) in [6.45, 7) is 4.53. The van der Waals surface area contributed by atoms with Crippen molar-refractivity contribution in [3.05, 3.63) is 35.4 Å². The van der Waals surface area contributed by atoms with Crippen molar-refractivity contribution in [2.24, 2.45) is 11.7 Å². The molecule has 2 rings (SSSR count). The Bertz CT molecular complexity index is 753. The maximum absolute atomic E-state index is 12.6. The molecule has 138 valence electrons. The second kappa shape index (κ2) is 7.34. The Morgan fingerprint density at radius 1 is 1.04 bits per heavy atom. The predicted octanol–water partition coefficient (Wildman–Crippen LogP) is 0.434. The number of rotatable bonds is 5. The van der Waals surface area contributed by atoms with E-state index in [1.54, 1.807) is 31.3 Å². The first kappa shape index (κ1) is 19.1. The molecule has 0 bridgehead atoms. The predicted molar refractivity (Wildman–Crippen MR) is 88.8 cm³/mol. The molecule has 9 heteroatoms. The third kappa shape index (κ3) is 3.56. The van der Waals surface area contributed by atoms with Gasteiger partial charge in [-0.1, -0.05) is 26.0 Å². The van der Waals surface area contributed by atoms with E-state index in [2.05, 4.69) is 0 Å². The molecule has 3 N–H and O–H groups in total. The van der Waals surface area contributed by atoms with Gasteiger partial charge in [0, 0.05) is 0 Å². The minimum Gasteiger partial charge on any atom is -0.451 e. The average molecular weight is 361 g/mol. The first-order valence-electron chi connectivity index (χ1n) is 7.92. The summed E-state index contributed by atoms with van der Waals surface area (Å²) in [5.41, 5.74) is 5.25. The number of urea groups is 1. The van der Waals surface area contributed by atoms with Crippen LogP contribution >= 0.6 is 0 Å². The monoisotopic (exact) mass is 361 g/mol. The fraction of sp³-hybridized carbons (Fsp3) is 0.353. The molecular weight excluding hydrogens is 342 g/mol. The lowest BCUT2D eigenvalue weighted by Crippen LogP contribution is -2.50. The molecule has 1 aliphatic heterocycles. The van der Waals surface area contributed by atoms with Gasteiger partial charge in [-0.15, -0.1) is 0 Å². The highest BCUT2D eigenvalue weighted by atomic mass is 16.5. The SMILES string of the molecule is CC(C)[C@@H](C(=O)O[C@@H](C)C(=O)NC(N)=O)N1C(=O)c2ccccc2C1=O. The van der Waals surface area contributed by atoms with E-state index < -0.39 is 47.8 Å². The largest absolute Gasteiger partial charge is 0.451 e. The molecule has 0 fully saturated rings. The van der Waals surface area contributed by atoms with Gasteiger partial charge in [-0.2, -0.15) is 0 Å². The van der Waals surface area contributed by atoms with Gasteiger partial charge in [0.25, 0.3) is 17.7 Å². The van der Waals surface area contributed by atoms with E-state index in [0.29, 0.717) is 0 Å². The van der Waals surface area contributed by atoms with Crippen LogP contribution in [0, 0.1) is 5.92 Å². The second-order valence-corrected chi connectivity index (χ2v) is 6.15. The lowest BCUT2D eigenvalue weighted by molar-refractivity contribution is -0.159. The number of amides is 5. The van der Waals surface area contributed by atoms with Crippen molar-refractivity contribution in [3.63, 3.8) is 0 Å². The molecule has 1 aliphatic rings. The van der Waals surface area contributed by atoms with Gasteiger partial charge in [-0.05, 0) is 25.0 Å². The Kier molecular flexibility index (Phi) is 5.39. The highest BCUT2D eigenvalue weighted by Crippen LogP contribution is 2.27. The maximum Gasteiger partial charge on any atom is 0.330 e. The van der Waals surface area contributed by atoms with Gasteiger partial charge in [0.15, 0.2) is 6.10 Å². The van der Waals surface area contributed by atoms with Crippen molar-refractivity contribution in [2.45, 2.75) is 32.9 Å². The molecule has 0 radical (unpaired) electrons. The van der Waals surface area contributed by atoms with Gasteiger partial charge < -0.3 is 10.5 Å². The number of hydrogen-bond donors (Lipinski definition) is 2. The first-order chi connectivity index (χ1) is 12.1. The highest BCUT2D eigenvalue weighted by Gasteiger charge is 2.45. The summed E-state index contributed by atoms with van der Waals surface area (Å²) in [6.07, 6.45) is -1.33. The number of benzene rings is 1. The van der Waals surface area contributed by atoms with E-state index in [1.807, 2.05) is 0 Å². The molecule has 0 saturated carbocycles. The van der Waals surface area contributed by atoms with Crippen molar-refractivity contribution < 1.29 is 28.7 Å². The lowest BCUT2D eigenvalue weighted by Gasteiger charge is -2.28.